The maximum absolute atomic E-state index is 10.6. The van der Waals surface area contributed by atoms with Crippen molar-refractivity contribution in [2.45, 2.75) is 19.3 Å². The number of nitriles is 1. The number of hydrogen-bond donors (Lipinski definition) is 0. The molecule has 1 aromatic heterocycles. The molecule has 0 spiro atoms. The minimum absolute atomic E-state index is 0.155. The minimum Gasteiger partial charge on any atom is -0.309 e. The summed E-state index contributed by atoms with van der Waals surface area (Å²) in [6, 6.07) is 51.6. The number of para-hydroxylation sites is 5. The van der Waals surface area contributed by atoms with Crippen LogP contribution in [0.1, 0.15) is 30.5 Å². The lowest BCUT2D eigenvalue weighted by atomic mass is 9.73. The lowest BCUT2D eigenvalue weighted by Crippen LogP contribution is -2.30. The number of rotatable bonds is 3. The van der Waals surface area contributed by atoms with Gasteiger partial charge in [0.2, 0.25) is 0 Å². The van der Waals surface area contributed by atoms with E-state index in [2.05, 4.69) is 163 Å². The van der Waals surface area contributed by atoms with Crippen LogP contribution >= 0.6 is 0 Å². The molecule has 0 bridgehead atoms. The SMILES string of the molecule is CC1(C)c2ccccc2N(c2ccc(-c3ccccc3-n3c4ccccc4c4ccccc43)cc2C#N)c2ccccc21. The number of hydrogen-bond acceptors (Lipinski definition) is 2. The molecule has 0 atom stereocenters. The van der Waals surface area contributed by atoms with Crippen molar-refractivity contribution in [1.29, 1.82) is 5.26 Å². The smallest absolute Gasteiger partial charge is 0.101 e. The standard InChI is InChI=1S/C40H29N3/c1-40(2)32-16-6-11-21-38(32)42(39-22-12-7-17-33(39)40)34-24-23-27(25-28(34)26-41)29-13-3-8-18-35(29)43-36-19-9-4-14-30(36)31-15-5-10-20-37(31)43/h3-25H,1-2H3. The van der Waals surface area contributed by atoms with E-state index >= 15 is 0 Å². The Labute approximate surface area is 251 Å². The van der Waals surface area contributed by atoms with Crippen LogP contribution in [0, 0.1) is 11.3 Å². The Morgan fingerprint density at radius 2 is 1.05 bits per heavy atom. The first-order valence-corrected chi connectivity index (χ1v) is 14.7. The summed E-state index contributed by atoms with van der Waals surface area (Å²) in [5.41, 5.74) is 11.6. The van der Waals surface area contributed by atoms with Gasteiger partial charge in [-0.15, -0.1) is 0 Å². The summed E-state index contributed by atoms with van der Waals surface area (Å²) in [4.78, 5) is 2.26. The molecule has 0 saturated carbocycles. The molecule has 0 aliphatic carbocycles. The maximum atomic E-state index is 10.6. The van der Waals surface area contributed by atoms with Gasteiger partial charge < -0.3 is 9.47 Å². The van der Waals surface area contributed by atoms with E-state index in [1.165, 1.54) is 21.9 Å². The second kappa shape index (κ2) is 9.48. The first kappa shape index (κ1) is 25.1. The molecule has 43 heavy (non-hydrogen) atoms. The predicted octanol–water partition coefficient (Wildman–Crippen LogP) is 10.4. The molecule has 8 rings (SSSR count). The van der Waals surface area contributed by atoms with Crippen molar-refractivity contribution in [2.75, 3.05) is 4.90 Å². The van der Waals surface area contributed by atoms with Crippen molar-refractivity contribution in [3.63, 3.8) is 0 Å². The zero-order valence-electron chi connectivity index (χ0n) is 24.1. The van der Waals surface area contributed by atoms with Crippen molar-refractivity contribution >= 4 is 38.9 Å². The van der Waals surface area contributed by atoms with E-state index in [-0.39, 0.29) is 5.41 Å². The van der Waals surface area contributed by atoms with Crippen molar-refractivity contribution < 1.29 is 0 Å². The maximum Gasteiger partial charge on any atom is 0.101 e. The highest BCUT2D eigenvalue weighted by Gasteiger charge is 2.37. The van der Waals surface area contributed by atoms with E-state index in [1.54, 1.807) is 0 Å². The molecule has 0 fully saturated rings. The third kappa shape index (κ3) is 3.67. The van der Waals surface area contributed by atoms with E-state index < -0.39 is 0 Å². The summed E-state index contributed by atoms with van der Waals surface area (Å²) >= 11 is 0. The summed E-state index contributed by atoms with van der Waals surface area (Å²) in [7, 11) is 0. The third-order valence-corrected chi connectivity index (χ3v) is 9.03. The molecule has 1 aliphatic heterocycles. The summed E-state index contributed by atoms with van der Waals surface area (Å²) in [5, 5.41) is 13.0. The molecule has 3 nitrogen and oxygen atoms in total. The molecular formula is C40H29N3. The fourth-order valence-electron chi connectivity index (χ4n) is 7.01. The van der Waals surface area contributed by atoms with Gasteiger partial charge in [0, 0.05) is 21.8 Å². The Bertz CT molecular complexity index is 2140. The van der Waals surface area contributed by atoms with Crippen molar-refractivity contribution in [1.82, 2.24) is 4.57 Å². The molecular weight excluding hydrogens is 522 g/mol. The van der Waals surface area contributed by atoms with Gasteiger partial charge in [0.05, 0.1) is 39.3 Å². The van der Waals surface area contributed by atoms with Crippen LogP contribution in [0.5, 0.6) is 0 Å². The van der Waals surface area contributed by atoms with Gasteiger partial charge in [0.15, 0.2) is 0 Å². The summed E-state index contributed by atoms with van der Waals surface area (Å²) in [5.74, 6) is 0. The molecule has 204 valence electrons. The molecule has 0 unspecified atom stereocenters. The topological polar surface area (TPSA) is 32.0 Å². The van der Waals surface area contributed by atoms with Gasteiger partial charge >= 0.3 is 0 Å². The van der Waals surface area contributed by atoms with E-state index in [1.807, 2.05) is 6.07 Å². The third-order valence-electron chi connectivity index (χ3n) is 9.03. The Kier molecular flexibility index (Phi) is 5.54. The van der Waals surface area contributed by atoms with Gasteiger partial charge in [-0.05, 0) is 59.2 Å². The zero-order chi connectivity index (χ0) is 29.1. The molecule has 0 amide bonds. The summed E-state index contributed by atoms with van der Waals surface area (Å²) in [6.07, 6.45) is 0. The van der Waals surface area contributed by atoms with Gasteiger partial charge in [0.25, 0.3) is 0 Å². The van der Waals surface area contributed by atoms with E-state index in [4.69, 9.17) is 0 Å². The van der Waals surface area contributed by atoms with Gasteiger partial charge in [-0.25, -0.2) is 0 Å². The lowest BCUT2D eigenvalue weighted by molar-refractivity contribution is 0.632. The van der Waals surface area contributed by atoms with Gasteiger partial charge in [-0.3, -0.25) is 0 Å². The molecule has 3 heteroatoms. The van der Waals surface area contributed by atoms with Crippen LogP contribution in [-0.4, -0.2) is 4.57 Å². The van der Waals surface area contributed by atoms with E-state index in [9.17, 15) is 5.26 Å². The number of aromatic nitrogens is 1. The largest absolute Gasteiger partial charge is 0.309 e. The van der Waals surface area contributed by atoms with Crippen LogP contribution in [-0.2, 0) is 5.41 Å². The van der Waals surface area contributed by atoms with Crippen molar-refractivity contribution in [2.24, 2.45) is 0 Å². The fraction of sp³-hybridized carbons (Fsp3) is 0.0750. The molecule has 2 heterocycles. The zero-order valence-corrected chi connectivity index (χ0v) is 24.1. The molecule has 1 aliphatic rings. The van der Waals surface area contributed by atoms with Crippen molar-refractivity contribution in [3.8, 4) is 22.9 Å². The monoisotopic (exact) mass is 551 g/mol. The fourth-order valence-corrected chi connectivity index (χ4v) is 7.01. The Hall–Kier alpha value is -5.59. The van der Waals surface area contributed by atoms with Gasteiger partial charge in [0.1, 0.15) is 6.07 Å². The molecule has 7 aromatic rings. The highest BCUT2D eigenvalue weighted by molar-refractivity contribution is 6.09. The van der Waals surface area contributed by atoms with Crippen LogP contribution in [0.3, 0.4) is 0 Å². The predicted molar refractivity (Wildman–Crippen MR) is 178 cm³/mol. The lowest BCUT2D eigenvalue weighted by Gasteiger charge is -2.42. The molecule has 0 N–H and O–H groups in total. The van der Waals surface area contributed by atoms with Crippen LogP contribution in [0.4, 0.5) is 17.1 Å². The second-order valence-electron chi connectivity index (χ2n) is 11.7. The van der Waals surface area contributed by atoms with Gasteiger partial charge in [-0.1, -0.05) is 111 Å². The average molecular weight is 552 g/mol. The first-order chi connectivity index (χ1) is 21.1. The second-order valence-corrected chi connectivity index (χ2v) is 11.7. The summed E-state index contributed by atoms with van der Waals surface area (Å²) in [6.45, 7) is 4.56. The van der Waals surface area contributed by atoms with Crippen LogP contribution in [0.2, 0.25) is 0 Å². The number of nitrogens with zero attached hydrogens (tertiary/aromatic N) is 3. The van der Waals surface area contributed by atoms with E-state index in [0.717, 1.165) is 44.9 Å². The highest BCUT2D eigenvalue weighted by atomic mass is 15.2. The molecule has 0 radical (unpaired) electrons. The quantitative estimate of drug-likeness (QED) is 0.219. The van der Waals surface area contributed by atoms with E-state index in [0.29, 0.717) is 5.56 Å². The average Bonchev–Trinajstić information content (AvgIpc) is 3.39. The van der Waals surface area contributed by atoms with Crippen LogP contribution in [0.25, 0.3) is 38.6 Å². The van der Waals surface area contributed by atoms with Crippen LogP contribution < -0.4 is 4.90 Å². The Morgan fingerprint density at radius 3 is 1.65 bits per heavy atom. The normalized spacial score (nSPS) is 13.5. The number of benzene rings is 6. The Morgan fingerprint density at radius 1 is 0.535 bits per heavy atom. The molecule has 6 aromatic carbocycles. The highest BCUT2D eigenvalue weighted by Crippen LogP contribution is 2.52. The van der Waals surface area contributed by atoms with Crippen molar-refractivity contribution in [3.05, 3.63) is 156 Å². The van der Waals surface area contributed by atoms with Crippen LogP contribution in [0.15, 0.2) is 140 Å². The molecule has 0 saturated heterocycles. The number of anilines is 3. The first-order valence-electron chi connectivity index (χ1n) is 14.7. The minimum atomic E-state index is -0.155. The van der Waals surface area contributed by atoms with Gasteiger partial charge in [-0.2, -0.15) is 5.26 Å². The Balaban J connectivity index is 1.33. The summed E-state index contributed by atoms with van der Waals surface area (Å²) < 4.78 is 2.35. The number of fused-ring (bicyclic) bond motifs is 5.